The number of aromatic nitrogens is 3. The first-order chi connectivity index (χ1) is 14.6. The van der Waals surface area contributed by atoms with Gasteiger partial charge in [-0.25, -0.2) is 9.67 Å². The number of hydrogen-bond acceptors (Lipinski definition) is 3. The van der Waals surface area contributed by atoms with Crippen molar-refractivity contribution in [1.29, 1.82) is 0 Å². The Labute approximate surface area is 191 Å². The van der Waals surface area contributed by atoms with Gasteiger partial charge in [-0.3, -0.25) is 4.79 Å². The minimum atomic E-state index is -4.21. The number of halogens is 6. The Morgan fingerprint density at radius 1 is 1.00 bits per heavy atom. The second-order valence-electron chi connectivity index (χ2n) is 6.60. The van der Waals surface area contributed by atoms with Crippen LogP contribution in [0.3, 0.4) is 0 Å². The van der Waals surface area contributed by atoms with Crippen molar-refractivity contribution < 1.29 is 18.0 Å². The van der Waals surface area contributed by atoms with Gasteiger partial charge in [-0.1, -0.05) is 34.8 Å². The first-order valence-corrected chi connectivity index (χ1v) is 10.3. The average Bonchev–Trinajstić information content (AvgIpc) is 3.12. The van der Waals surface area contributed by atoms with E-state index in [-0.39, 0.29) is 25.2 Å². The van der Waals surface area contributed by atoms with E-state index in [9.17, 15) is 18.0 Å². The van der Waals surface area contributed by atoms with Crippen LogP contribution < -0.4 is 5.32 Å². The molecule has 31 heavy (non-hydrogen) atoms. The van der Waals surface area contributed by atoms with Crippen molar-refractivity contribution in [2.75, 3.05) is 6.54 Å². The van der Waals surface area contributed by atoms with Crippen LogP contribution in [0.1, 0.15) is 29.9 Å². The molecule has 0 unspecified atom stereocenters. The largest absolute Gasteiger partial charge is 0.389 e. The Morgan fingerprint density at radius 2 is 1.68 bits per heavy atom. The van der Waals surface area contributed by atoms with E-state index < -0.39 is 18.5 Å². The van der Waals surface area contributed by atoms with Crippen LogP contribution in [0.25, 0.3) is 17.1 Å². The standard InChI is InChI=1S/C20H16Cl3F3N4O/c21-12-3-6-14(7-4-12)30-18(15-8-5-13(22)11-16(15)23)28-17(29-30)19(31)27-10-2-1-9-20(24,25)26/h3-8,11H,1-2,9-10H2,(H,27,31). The van der Waals surface area contributed by atoms with Crippen molar-refractivity contribution in [1.82, 2.24) is 20.1 Å². The van der Waals surface area contributed by atoms with Gasteiger partial charge in [-0.15, -0.1) is 5.10 Å². The molecule has 0 aliphatic rings. The maximum atomic E-state index is 12.5. The maximum Gasteiger partial charge on any atom is 0.389 e. The Bertz CT molecular complexity index is 1070. The number of rotatable bonds is 7. The van der Waals surface area contributed by atoms with Gasteiger partial charge in [0.2, 0.25) is 5.82 Å². The lowest BCUT2D eigenvalue weighted by molar-refractivity contribution is -0.135. The van der Waals surface area contributed by atoms with Gasteiger partial charge in [0.15, 0.2) is 5.82 Å². The van der Waals surface area contributed by atoms with Crippen LogP contribution in [0.2, 0.25) is 15.1 Å². The molecule has 0 bridgehead atoms. The van der Waals surface area contributed by atoms with Crippen LogP contribution in [0.15, 0.2) is 42.5 Å². The summed E-state index contributed by atoms with van der Waals surface area (Å²) in [6.07, 6.45) is -5.01. The highest BCUT2D eigenvalue weighted by Gasteiger charge is 2.26. The highest BCUT2D eigenvalue weighted by Crippen LogP contribution is 2.31. The lowest BCUT2D eigenvalue weighted by atomic mass is 10.2. The number of carbonyl (C=O) groups is 1. The van der Waals surface area contributed by atoms with Gasteiger partial charge in [0.05, 0.1) is 10.7 Å². The number of nitrogens with zero attached hydrogens (tertiary/aromatic N) is 3. The van der Waals surface area contributed by atoms with Crippen LogP contribution in [0.4, 0.5) is 13.2 Å². The molecule has 2 aromatic carbocycles. The molecule has 1 N–H and O–H groups in total. The summed E-state index contributed by atoms with van der Waals surface area (Å²) in [4.78, 5) is 16.8. The van der Waals surface area contributed by atoms with Gasteiger partial charge >= 0.3 is 6.18 Å². The smallest absolute Gasteiger partial charge is 0.349 e. The van der Waals surface area contributed by atoms with E-state index in [1.807, 2.05) is 0 Å². The maximum absolute atomic E-state index is 12.5. The predicted octanol–water partition coefficient (Wildman–Crippen LogP) is 6.36. The number of alkyl halides is 3. The van der Waals surface area contributed by atoms with E-state index in [0.29, 0.717) is 32.1 Å². The fourth-order valence-corrected chi connectivity index (χ4v) is 3.37. The summed E-state index contributed by atoms with van der Waals surface area (Å²) >= 11 is 18.2. The van der Waals surface area contributed by atoms with Crippen LogP contribution in [-0.4, -0.2) is 33.4 Å². The van der Waals surface area contributed by atoms with E-state index >= 15 is 0 Å². The van der Waals surface area contributed by atoms with Crippen LogP contribution in [0, 0.1) is 0 Å². The van der Waals surface area contributed by atoms with Crippen molar-refractivity contribution in [2.45, 2.75) is 25.4 Å². The van der Waals surface area contributed by atoms with Gasteiger partial charge in [-0.2, -0.15) is 13.2 Å². The molecule has 0 spiro atoms. The molecule has 164 valence electrons. The fraction of sp³-hybridized carbons (Fsp3) is 0.250. The van der Waals surface area contributed by atoms with Crippen molar-refractivity contribution in [2.24, 2.45) is 0 Å². The molecule has 0 aliphatic carbocycles. The Morgan fingerprint density at radius 3 is 2.32 bits per heavy atom. The molecule has 3 rings (SSSR count). The summed E-state index contributed by atoms with van der Waals surface area (Å²) in [7, 11) is 0. The fourth-order valence-electron chi connectivity index (χ4n) is 2.75. The SMILES string of the molecule is O=C(NCCCCC(F)(F)F)c1nc(-c2ccc(Cl)cc2Cl)n(-c2ccc(Cl)cc2)n1. The zero-order valence-corrected chi connectivity index (χ0v) is 18.2. The molecule has 1 heterocycles. The molecule has 1 amide bonds. The first kappa shape index (κ1) is 23.4. The third kappa shape index (κ3) is 6.35. The van der Waals surface area contributed by atoms with E-state index in [0.717, 1.165) is 0 Å². The Hall–Kier alpha value is -2.29. The van der Waals surface area contributed by atoms with Crippen molar-refractivity contribution in [3.05, 3.63) is 63.4 Å². The number of hydrogen-bond donors (Lipinski definition) is 1. The second-order valence-corrected chi connectivity index (χ2v) is 7.88. The molecule has 1 aromatic heterocycles. The van der Waals surface area contributed by atoms with Crippen LogP contribution in [0.5, 0.6) is 0 Å². The summed E-state index contributed by atoms with van der Waals surface area (Å²) < 4.78 is 38.1. The van der Waals surface area contributed by atoms with Crippen molar-refractivity contribution in [3.63, 3.8) is 0 Å². The Kier molecular flexibility index (Phi) is 7.46. The van der Waals surface area contributed by atoms with E-state index in [1.54, 1.807) is 42.5 Å². The highest BCUT2D eigenvalue weighted by molar-refractivity contribution is 6.36. The zero-order valence-electron chi connectivity index (χ0n) is 15.9. The second kappa shape index (κ2) is 9.89. The van der Waals surface area contributed by atoms with Crippen LogP contribution in [-0.2, 0) is 0 Å². The molecule has 0 aliphatic heterocycles. The first-order valence-electron chi connectivity index (χ1n) is 9.17. The van der Waals surface area contributed by atoms with E-state index in [2.05, 4.69) is 15.4 Å². The normalized spacial score (nSPS) is 11.5. The Balaban J connectivity index is 1.85. The zero-order chi connectivity index (χ0) is 22.6. The quantitative estimate of drug-likeness (QED) is 0.391. The molecular weight excluding hydrogens is 476 g/mol. The summed E-state index contributed by atoms with van der Waals surface area (Å²) in [6, 6.07) is 11.5. The summed E-state index contributed by atoms with van der Waals surface area (Å²) in [5.74, 6) is -0.455. The van der Waals surface area contributed by atoms with Gasteiger partial charge in [0.25, 0.3) is 5.91 Å². The molecule has 0 radical (unpaired) electrons. The number of nitrogens with one attached hydrogen (secondary N) is 1. The lowest BCUT2D eigenvalue weighted by Crippen LogP contribution is -2.26. The minimum absolute atomic E-state index is 0.0709. The summed E-state index contributed by atoms with van der Waals surface area (Å²) in [6.45, 7) is 0.0709. The van der Waals surface area contributed by atoms with Crippen molar-refractivity contribution >= 4 is 40.7 Å². The minimum Gasteiger partial charge on any atom is -0.349 e. The predicted molar refractivity (Wildman–Crippen MR) is 114 cm³/mol. The van der Waals surface area contributed by atoms with Gasteiger partial charge in [0.1, 0.15) is 0 Å². The van der Waals surface area contributed by atoms with Crippen LogP contribution >= 0.6 is 34.8 Å². The summed E-state index contributed by atoms with van der Waals surface area (Å²) in [5, 5.41) is 8.08. The van der Waals surface area contributed by atoms with E-state index in [1.165, 1.54) is 4.68 Å². The molecule has 3 aromatic rings. The van der Waals surface area contributed by atoms with Gasteiger partial charge in [-0.05, 0) is 55.3 Å². The summed E-state index contributed by atoms with van der Waals surface area (Å²) in [5.41, 5.74) is 1.08. The third-order valence-corrected chi connectivity index (χ3v) is 5.03. The number of unbranched alkanes of at least 4 members (excludes halogenated alkanes) is 1. The average molecular weight is 492 g/mol. The number of amides is 1. The third-order valence-electron chi connectivity index (χ3n) is 4.23. The molecule has 0 atom stereocenters. The lowest BCUT2D eigenvalue weighted by Gasteiger charge is -2.07. The monoisotopic (exact) mass is 490 g/mol. The molecule has 11 heteroatoms. The molecule has 0 saturated carbocycles. The molecule has 0 saturated heterocycles. The number of carbonyl (C=O) groups excluding carboxylic acids is 1. The topological polar surface area (TPSA) is 59.8 Å². The molecule has 0 fully saturated rings. The van der Waals surface area contributed by atoms with Gasteiger partial charge in [0, 0.05) is 28.6 Å². The van der Waals surface area contributed by atoms with Gasteiger partial charge < -0.3 is 5.32 Å². The highest BCUT2D eigenvalue weighted by atomic mass is 35.5. The molecule has 5 nitrogen and oxygen atoms in total. The van der Waals surface area contributed by atoms with E-state index in [4.69, 9.17) is 34.8 Å². The van der Waals surface area contributed by atoms with Crippen molar-refractivity contribution in [3.8, 4) is 17.1 Å². The number of benzene rings is 2. The molecular formula is C20H16Cl3F3N4O.